The Hall–Kier alpha value is -3.78. The molecule has 5 rings (SSSR count). The van der Waals surface area contributed by atoms with E-state index in [9.17, 15) is 13.6 Å². The van der Waals surface area contributed by atoms with E-state index in [-0.39, 0.29) is 42.2 Å². The molecule has 6 nitrogen and oxygen atoms in total. The van der Waals surface area contributed by atoms with E-state index in [0.29, 0.717) is 24.5 Å². The maximum absolute atomic E-state index is 13.4. The molecule has 0 spiro atoms. The first-order valence-corrected chi connectivity index (χ1v) is 11.5. The van der Waals surface area contributed by atoms with Crippen LogP contribution < -0.4 is 10.2 Å². The fraction of sp³-hybridized carbons (Fsp3) is 0.222. The predicted octanol–water partition coefficient (Wildman–Crippen LogP) is 6.13. The van der Waals surface area contributed by atoms with Crippen LogP contribution >= 0.6 is 12.4 Å². The average Bonchev–Trinajstić information content (AvgIpc) is 2.86. The van der Waals surface area contributed by atoms with E-state index in [1.54, 1.807) is 29.2 Å². The van der Waals surface area contributed by atoms with E-state index < -0.39 is 0 Å². The van der Waals surface area contributed by atoms with E-state index >= 15 is 0 Å². The molecule has 0 radical (unpaired) electrons. The molecular formula is C27H26ClF2N5O. The van der Waals surface area contributed by atoms with Gasteiger partial charge in [-0.2, -0.15) is 0 Å². The van der Waals surface area contributed by atoms with Gasteiger partial charge in [-0.1, -0.05) is 24.3 Å². The van der Waals surface area contributed by atoms with Crippen molar-refractivity contribution in [2.24, 2.45) is 0 Å². The van der Waals surface area contributed by atoms with Gasteiger partial charge in [-0.3, -0.25) is 0 Å². The molecule has 1 aromatic heterocycles. The number of hydrogen-bond donors (Lipinski definition) is 1. The zero-order valence-corrected chi connectivity index (χ0v) is 20.7. The minimum absolute atomic E-state index is 0. The minimum atomic E-state index is -0.350. The number of rotatable bonds is 3. The Morgan fingerprint density at radius 3 is 2.11 bits per heavy atom. The zero-order chi connectivity index (χ0) is 24.5. The van der Waals surface area contributed by atoms with Gasteiger partial charge in [0.25, 0.3) is 0 Å². The molecule has 9 heteroatoms. The van der Waals surface area contributed by atoms with Gasteiger partial charge in [0.1, 0.15) is 17.3 Å². The molecule has 186 valence electrons. The Kier molecular flexibility index (Phi) is 7.35. The lowest BCUT2D eigenvalue weighted by Gasteiger charge is -2.44. The Morgan fingerprint density at radius 1 is 0.833 bits per heavy atom. The molecule has 1 aliphatic heterocycles. The normalized spacial score (nSPS) is 17.6. The van der Waals surface area contributed by atoms with Crippen LogP contribution in [0.15, 0.2) is 72.8 Å². The number of amides is 2. The highest BCUT2D eigenvalue weighted by molar-refractivity contribution is 6.00. The molecule has 3 aromatic carbocycles. The van der Waals surface area contributed by atoms with Gasteiger partial charge in [0.05, 0.1) is 0 Å². The molecule has 36 heavy (non-hydrogen) atoms. The highest BCUT2D eigenvalue weighted by atomic mass is 35.5. The fourth-order valence-electron chi connectivity index (χ4n) is 4.56. The number of fused-ring (bicyclic) bond motifs is 1. The number of nitrogens with zero attached hydrogens (tertiary/aromatic N) is 4. The maximum atomic E-state index is 13.4. The summed E-state index contributed by atoms with van der Waals surface area (Å²) in [5, 5.41) is 13.8. The molecule has 4 aromatic rings. The highest BCUT2D eigenvalue weighted by Crippen LogP contribution is 2.33. The van der Waals surface area contributed by atoms with E-state index in [1.165, 1.54) is 24.3 Å². The molecule has 0 unspecified atom stereocenters. The standard InChI is InChI=1S/C27H25F2N5O.ClH/c1-17-16-34(27(35)30-22-13-11-21(29)12-14-22)18(2)15-33(17)26-24-6-4-3-5-23(24)25(31-32-26)19-7-9-20(28)10-8-19;/h3-14,17-18H,15-16H2,1-2H3,(H,30,35);1H/t17-,18-;/m1./s1. The SMILES string of the molecule is C[C@@H]1CN(c2nnc(-c3ccc(F)cc3)c3ccccc23)[C@H](C)CN1C(=O)Nc1ccc(F)cc1.Cl. The predicted molar refractivity (Wildman–Crippen MR) is 141 cm³/mol. The number of benzene rings is 3. The third-order valence-corrected chi connectivity index (χ3v) is 6.40. The van der Waals surface area contributed by atoms with E-state index in [4.69, 9.17) is 0 Å². The van der Waals surface area contributed by atoms with Gasteiger partial charge >= 0.3 is 6.03 Å². The number of halogens is 3. The van der Waals surface area contributed by atoms with Crippen LogP contribution in [0.5, 0.6) is 0 Å². The van der Waals surface area contributed by atoms with Crippen LogP contribution in [0.4, 0.5) is 25.1 Å². The highest BCUT2D eigenvalue weighted by Gasteiger charge is 2.34. The molecule has 2 atom stereocenters. The molecule has 1 saturated heterocycles. The van der Waals surface area contributed by atoms with Crippen molar-refractivity contribution in [1.82, 2.24) is 15.1 Å². The lowest BCUT2D eigenvalue weighted by Crippen LogP contribution is -2.59. The Bertz CT molecular complexity index is 1370. The lowest BCUT2D eigenvalue weighted by molar-refractivity contribution is 0.173. The van der Waals surface area contributed by atoms with Crippen LogP contribution in [-0.4, -0.2) is 46.3 Å². The zero-order valence-electron chi connectivity index (χ0n) is 19.9. The van der Waals surface area contributed by atoms with Crippen LogP contribution in [-0.2, 0) is 0 Å². The summed E-state index contributed by atoms with van der Waals surface area (Å²) in [4.78, 5) is 16.9. The quantitative estimate of drug-likeness (QED) is 0.361. The van der Waals surface area contributed by atoms with Crippen LogP contribution in [0.25, 0.3) is 22.0 Å². The topological polar surface area (TPSA) is 61.4 Å². The van der Waals surface area contributed by atoms with Crippen molar-refractivity contribution >= 4 is 40.7 Å². The summed E-state index contributed by atoms with van der Waals surface area (Å²) in [5.74, 6) is 0.105. The molecule has 1 N–H and O–H groups in total. The first kappa shape index (κ1) is 25.3. The fourth-order valence-corrected chi connectivity index (χ4v) is 4.56. The van der Waals surface area contributed by atoms with E-state index in [1.807, 2.05) is 38.1 Å². The summed E-state index contributed by atoms with van der Waals surface area (Å²) in [5.41, 5.74) is 2.04. The number of carbonyl (C=O) groups excluding carboxylic acids is 1. The van der Waals surface area contributed by atoms with Gasteiger partial charge in [0.2, 0.25) is 0 Å². The summed E-state index contributed by atoms with van der Waals surface area (Å²) < 4.78 is 26.6. The Morgan fingerprint density at radius 2 is 1.44 bits per heavy atom. The number of urea groups is 1. The number of hydrogen-bond acceptors (Lipinski definition) is 4. The number of nitrogens with one attached hydrogen (secondary N) is 1. The molecule has 0 bridgehead atoms. The molecule has 0 aliphatic carbocycles. The number of aromatic nitrogens is 2. The summed E-state index contributed by atoms with van der Waals surface area (Å²) in [6.07, 6.45) is 0. The second-order valence-corrected chi connectivity index (χ2v) is 8.86. The number of anilines is 2. The van der Waals surface area contributed by atoms with Crippen LogP contribution in [0.1, 0.15) is 13.8 Å². The van der Waals surface area contributed by atoms with Crippen molar-refractivity contribution in [3.63, 3.8) is 0 Å². The van der Waals surface area contributed by atoms with Gasteiger partial charge in [-0.05, 0) is 62.4 Å². The minimum Gasteiger partial charge on any atom is -0.348 e. The first-order chi connectivity index (χ1) is 16.9. The molecule has 0 saturated carbocycles. The van der Waals surface area contributed by atoms with Crippen molar-refractivity contribution in [2.75, 3.05) is 23.3 Å². The third kappa shape index (κ3) is 4.95. The monoisotopic (exact) mass is 509 g/mol. The van der Waals surface area contributed by atoms with Crippen LogP contribution in [0, 0.1) is 11.6 Å². The second kappa shape index (κ2) is 10.5. The van der Waals surface area contributed by atoms with Crippen molar-refractivity contribution < 1.29 is 13.6 Å². The number of piperazine rings is 1. The summed E-state index contributed by atoms with van der Waals surface area (Å²) in [6, 6.07) is 19.5. The van der Waals surface area contributed by atoms with Crippen LogP contribution in [0.3, 0.4) is 0 Å². The summed E-state index contributed by atoms with van der Waals surface area (Å²) in [6.45, 7) is 5.11. The molecular weight excluding hydrogens is 484 g/mol. The third-order valence-electron chi connectivity index (χ3n) is 6.40. The van der Waals surface area contributed by atoms with E-state index in [0.717, 1.165) is 22.2 Å². The van der Waals surface area contributed by atoms with Gasteiger partial charge in [-0.15, -0.1) is 22.6 Å². The largest absolute Gasteiger partial charge is 0.348 e. The average molecular weight is 510 g/mol. The smallest absolute Gasteiger partial charge is 0.322 e. The van der Waals surface area contributed by atoms with Gasteiger partial charge in [-0.25, -0.2) is 13.6 Å². The molecule has 1 fully saturated rings. The molecule has 2 heterocycles. The van der Waals surface area contributed by atoms with Gasteiger partial charge in [0.15, 0.2) is 5.82 Å². The Balaban J connectivity index is 0.00000304. The molecule has 2 amide bonds. The summed E-state index contributed by atoms with van der Waals surface area (Å²) >= 11 is 0. The second-order valence-electron chi connectivity index (χ2n) is 8.86. The van der Waals surface area contributed by atoms with Crippen molar-refractivity contribution in [3.8, 4) is 11.3 Å². The Labute approximate surface area is 214 Å². The van der Waals surface area contributed by atoms with Crippen molar-refractivity contribution in [3.05, 3.63) is 84.4 Å². The van der Waals surface area contributed by atoms with Crippen molar-refractivity contribution in [1.29, 1.82) is 0 Å². The van der Waals surface area contributed by atoms with Crippen LogP contribution in [0.2, 0.25) is 0 Å². The van der Waals surface area contributed by atoms with Gasteiger partial charge < -0.3 is 15.1 Å². The lowest BCUT2D eigenvalue weighted by atomic mass is 10.0. The van der Waals surface area contributed by atoms with E-state index in [2.05, 4.69) is 20.4 Å². The maximum Gasteiger partial charge on any atom is 0.322 e. The first-order valence-electron chi connectivity index (χ1n) is 11.5. The number of carbonyl (C=O) groups is 1. The van der Waals surface area contributed by atoms with Gasteiger partial charge in [0, 0.05) is 47.2 Å². The van der Waals surface area contributed by atoms with Crippen molar-refractivity contribution in [2.45, 2.75) is 25.9 Å². The summed E-state index contributed by atoms with van der Waals surface area (Å²) in [7, 11) is 0. The molecule has 1 aliphatic rings.